The van der Waals surface area contributed by atoms with Gasteiger partial charge < -0.3 is 9.80 Å². The van der Waals surface area contributed by atoms with Crippen molar-refractivity contribution < 1.29 is 4.79 Å². The van der Waals surface area contributed by atoms with Crippen molar-refractivity contribution in [3.63, 3.8) is 0 Å². The van der Waals surface area contributed by atoms with Crippen molar-refractivity contribution in [3.05, 3.63) is 0 Å². The van der Waals surface area contributed by atoms with Gasteiger partial charge in [0.05, 0.1) is 12.7 Å². The number of amides is 1. The van der Waals surface area contributed by atoms with Gasteiger partial charge in [0.1, 0.15) is 0 Å². The summed E-state index contributed by atoms with van der Waals surface area (Å²) in [5.74, 6) is 0.239. The number of likely N-dealkylation sites (N-methyl/N-ethyl adjacent to an activating group) is 1. The first-order valence-corrected chi connectivity index (χ1v) is 5.75. The Bertz CT molecular complexity index is 218. The monoisotopic (exact) mass is 213 g/mol. The minimum absolute atomic E-state index is 0.239. The number of carbonyl (C=O) groups is 1. The van der Waals surface area contributed by atoms with E-state index in [0.29, 0.717) is 12.6 Å². The first-order valence-electron chi connectivity index (χ1n) is 5.75. The molecule has 2 unspecified atom stereocenters. The van der Waals surface area contributed by atoms with Gasteiger partial charge in [-0.3, -0.25) is 10.1 Å². The molecule has 15 heavy (non-hydrogen) atoms. The molecule has 2 atom stereocenters. The fourth-order valence-electron chi connectivity index (χ4n) is 2.25. The van der Waals surface area contributed by atoms with E-state index in [2.05, 4.69) is 24.1 Å². The van der Waals surface area contributed by atoms with E-state index in [1.54, 1.807) is 0 Å². The maximum atomic E-state index is 11.7. The normalized spacial score (nSPS) is 23.9. The largest absolute Gasteiger partial charge is 0.322 e. The predicted octanol–water partition coefficient (Wildman–Crippen LogP) is 0.495. The molecule has 4 nitrogen and oxygen atoms in total. The Morgan fingerprint density at radius 3 is 2.80 bits per heavy atom. The quantitative estimate of drug-likeness (QED) is 0.722. The van der Waals surface area contributed by atoms with E-state index in [-0.39, 0.29) is 12.1 Å². The van der Waals surface area contributed by atoms with Crippen LogP contribution in [0.2, 0.25) is 0 Å². The molecule has 1 fully saturated rings. The number of rotatable bonds is 5. The summed E-state index contributed by atoms with van der Waals surface area (Å²) < 4.78 is 0. The summed E-state index contributed by atoms with van der Waals surface area (Å²) in [6.07, 6.45) is 2.40. The molecule has 1 rings (SSSR count). The number of nitrogens with zero attached hydrogens (tertiary/aromatic N) is 2. The van der Waals surface area contributed by atoms with Gasteiger partial charge in [-0.15, -0.1) is 0 Å². The van der Waals surface area contributed by atoms with Crippen molar-refractivity contribution in [3.8, 4) is 0 Å². The second-order valence-corrected chi connectivity index (χ2v) is 4.60. The van der Waals surface area contributed by atoms with Crippen molar-refractivity contribution in [2.24, 2.45) is 0 Å². The predicted molar refractivity (Wildman–Crippen MR) is 61.6 cm³/mol. The summed E-state index contributed by atoms with van der Waals surface area (Å²) in [4.78, 5) is 15.9. The molecule has 0 aliphatic carbocycles. The number of nitrogens with one attached hydrogen (secondary N) is 1. The summed E-state index contributed by atoms with van der Waals surface area (Å²) in [5, 5.41) is 3.27. The third-order valence-corrected chi connectivity index (χ3v) is 2.78. The van der Waals surface area contributed by atoms with Crippen LogP contribution in [0.1, 0.15) is 26.7 Å². The second kappa shape index (κ2) is 5.47. The first kappa shape index (κ1) is 12.5. The summed E-state index contributed by atoms with van der Waals surface area (Å²) in [6.45, 7) is 5.70. The average Bonchev–Trinajstić information content (AvgIpc) is 2.46. The van der Waals surface area contributed by atoms with Crippen LogP contribution in [0.25, 0.3) is 0 Å². The molecule has 0 aromatic carbocycles. The molecule has 1 aliphatic heterocycles. The fraction of sp³-hybridized carbons (Fsp3) is 0.909. The van der Waals surface area contributed by atoms with Crippen LogP contribution in [-0.4, -0.2) is 55.1 Å². The molecule has 1 amide bonds. The SMILES string of the molecule is CCCC1NCC(=O)N1C(C)CN(C)C. The van der Waals surface area contributed by atoms with Crippen LogP contribution in [0.4, 0.5) is 0 Å². The Balaban J connectivity index is 2.58. The van der Waals surface area contributed by atoms with Crippen molar-refractivity contribution in [1.29, 1.82) is 0 Å². The minimum Gasteiger partial charge on any atom is -0.322 e. The summed E-state index contributed by atoms with van der Waals surface area (Å²) in [5.41, 5.74) is 0. The number of carbonyl (C=O) groups excluding carboxylic acids is 1. The lowest BCUT2D eigenvalue weighted by atomic mass is 10.2. The smallest absolute Gasteiger partial charge is 0.238 e. The maximum absolute atomic E-state index is 11.7. The van der Waals surface area contributed by atoms with Crippen LogP contribution >= 0.6 is 0 Å². The standard InChI is InChI=1S/C11H23N3O/c1-5-6-10-12-7-11(15)14(10)9(2)8-13(3)4/h9-10,12H,5-8H2,1-4H3. The van der Waals surface area contributed by atoms with Crippen LogP contribution < -0.4 is 5.32 Å². The van der Waals surface area contributed by atoms with Gasteiger partial charge in [-0.2, -0.15) is 0 Å². The van der Waals surface area contributed by atoms with Gasteiger partial charge in [-0.25, -0.2) is 0 Å². The Hall–Kier alpha value is -0.610. The van der Waals surface area contributed by atoms with Crippen LogP contribution in [0.5, 0.6) is 0 Å². The second-order valence-electron chi connectivity index (χ2n) is 4.60. The van der Waals surface area contributed by atoms with Gasteiger partial charge in [0, 0.05) is 12.6 Å². The zero-order valence-electron chi connectivity index (χ0n) is 10.3. The molecule has 1 heterocycles. The first-order chi connectivity index (χ1) is 7.06. The van der Waals surface area contributed by atoms with Gasteiger partial charge in [-0.1, -0.05) is 13.3 Å². The van der Waals surface area contributed by atoms with Crippen LogP contribution in [-0.2, 0) is 4.79 Å². The van der Waals surface area contributed by atoms with E-state index in [0.717, 1.165) is 19.4 Å². The van der Waals surface area contributed by atoms with Crippen LogP contribution in [0.15, 0.2) is 0 Å². The summed E-state index contributed by atoms with van der Waals surface area (Å²) in [6, 6.07) is 0.291. The van der Waals surface area contributed by atoms with Crippen molar-refractivity contribution in [1.82, 2.24) is 15.1 Å². The highest BCUT2D eigenvalue weighted by Gasteiger charge is 2.33. The zero-order valence-corrected chi connectivity index (χ0v) is 10.3. The molecule has 0 radical (unpaired) electrons. The lowest BCUT2D eigenvalue weighted by molar-refractivity contribution is -0.130. The van der Waals surface area contributed by atoms with E-state index < -0.39 is 0 Å². The molecule has 0 aromatic heterocycles. The molecule has 4 heteroatoms. The Kier molecular flexibility index (Phi) is 4.54. The molecule has 0 aromatic rings. The lowest BCUT2D eigenvalue weighted by Gasteiger charge is -2.32. The fourth-order valence-corrected chi connectivity index (χ4v) is 2.25. The Labute approximate surface area is 92.6 Å². The zero-order chi connectivity index (χ0) is 11.4. The maximum Gasteiger partial charge on any atom is 0.238 e. The highest BCUT2D eigenvalue weighted by molar-refractivity contribution is 5.81. The Morgan fingerprint density at radius 2 is 2.27 bits per heavy atom. The molecule has 0 bridgehead atoms. The Morgan fingerprint density at radius 1 is 1.60 bits per heavy atom. The lowest BCUT2D eigenvalue weighted by Crippen LogP contribution is -2.47. The topological polar surface area (TPSA) is 35.6 Å². The van der Waals surface area contributed by atoms with Gasteiger partial charge in [0.2, 0.25) is 5.91 Å². The van der Waals surface area contributed by atoms with Crippen molar-refractivity contribution >= 4 is 5.91 Å². The van der Waals surface area contributed by atoms with Gasteiger partial charge >= 0.3 is 0 Å². The summed E-state index contributed by atoms with van der Waals surface area (Å²) in [7, 11) is 4.08. The van der Waals surface area contributed by atoms with E-state index in [9.17, 15) is 4.79 Å². The van der Waals surface area contributed by atoms with E-state index in [1.165, 1.54) is 0 Å². The molecule has 1 aliphatic rings. The van der Waals surface area contributed by atoms with Crippen LogP contribution in [0, 0.1) is 0 Å². The minimum atomic E-state index is 0.239. The molecular weight excluding hydrogens is 190 g/mol. The highest BCUT2D eigenvalue weighted by atomic mass is 16.2. The van der Waals surface area contributed by atoms with Crippen LogP contribution in [0.3, 0.4) is 0 Å². The highest BCUT2D eigenvalue weighted by Crippen LogP contribution is 2.14. The number of hydrogen-bond acceptors (Lipinski definition) is 3. The number of hydrogen-bond donors (Lipinski definition) is 1. The third-order valence-electron chi connectivity index (χ3n) is 2.78. The summed E-state index contributed by atoms with van der Waals surface area (Å²) >= 11 is 0. The van der Waals surface area contributed by atoms with Gasteiger partial charge in [0.15, 0.2) is 0 Å². The molecule has 0 spiro atoms. The van der Waals surface area contributed by atoms with E-state index >= 15 is 0 Å². The third kappa shape index (κ3) is 3.18. The van der Waals surface area contributed by atoms with E-state index in [4.69, 9.17) is 0 Å². The van der Waals surface area contributed by atoms with Crippen molar-refractivity contribution in [2.75, 3.05) is 27.2 Å². The molecule has 88 valence electrons. The molecule has 1 N–H and O–H groups in total. The van der Waals surface area contributed by atoms with Crippen molar-refractivity contribution in [2.45, 2.75) is 38.9 Å². The molecule has 0 saturated carbocycles. The molecular formula is C11H23N3O. The molecule has 1 saturated heterocycles. The van der Waals surface area contributed by atoms with Gasteiger partial charge in [-0.05, 0) is 27.4 Å². The van der Waals surface area contributed by atoms with E-state index in [1.807, 2.05) is 19.0 Å². The average molecular weight is 213 g/mol. The van der Waals surface area contributed by atoms with Gasteiger partial charge in [0.25, 0.3) is 0 Å².